The number of nitrogens with one attached hydrogen (secondary N) is 1. The van der Waals surface area contributed by atoms with Crippen molar-refractivity contribution in [1.29, 1.82) is 0 Å². The Kier molecular flexibility index (Phi) is 4.18. The van der Waals surface area contributed by atoms with E-state index in [2.05, 4.69) is 14.9 Å². The molecule has 0 aliphatic carbocycles. The summed E-state index contributed by atoms with van der Waals surface area (Å²) >= 11 is 1.54. The molecule has 0 amide bonds. The minimum absolute atomic E-state index is 0.0897. The predicted molar refractivity (Wildman–Crippen MR) is 96.2 cm³/mol. The Bertz CT molecular complexity index is 904. The lowest BCUT2D eigenvalue weighted by Gasteiger charge is -2.21. The van der Waals surface area contributed by atoms with Crippen molar-refractivity contribution in [2.45, 2.75) is 25.4 Å². The quantitative estimate of drug-likeness (QED) is 0.765. The predicted octanol–water partition coefficient (Wildman–Crippen LogP) is 2.61. The summed E-state index contributed by atoms with van der Waals surface area (Å²) in [6.07, 6.45) is 2.08. The van der Waals surface area contributed by atoms with Crippen LogP contribution in [-0.4, -0.2) is 39.2 Å². The molecule has 0 bridgehead atoms. The van der Waals surface area contributed by atoms with Gasteiger partial charge in [-0.15, -0.1) is 11.3 Å². The van der Waals surface area contributed by atoms with Crippen LogP contribution < -0.4 is 5.56 Å². The van der Waals surface area contributed by atoms with Gasteiger partial charge in [0.25, 0.3) is 5.56 Å². The van der Waals surface area contributed by atoms with E-state index in [0.717, 1.165) is 34.7 Å². The van der Waals surface area contributed by atoms with Crippen molar-refractivity contribution in [2.24, 2.45) is 0 Å². The Morgan fingerprint density at radius 2 is 2.17 bits per heavy atom. The number of aliphatic hydroxyl groups excluding tert-OH is 1. The maximum Gasteiger partial charge on any atom is 0.259 e. The number of likely N-dealkylation sites (tertiary alicyclic amines) is 1. The topological polar surface area (TPSA) is 69.2 Å². The Balaban J connectivity index is 1.68. The first-order chi connectivity index (χ1) is 11.7. The number of H-pyrrole nitrogens is 1. The largest absolute Gasteiger partial charge is 0.395 e. The molecule has 1 aromatic carbocycles. The van der Waals surface area contributed by atoms with E-state index in [9.17, 15) is 9.90 Å². The van der Waals surface area contributed by atoms with Crippen molar-refractivity contribution in [2.75, 3.05) is 13.2 Å². The highest BCUT2D eigenvalue weighted by atomic mass is 32.1. The van der Waals surface area contributed by atoms with Gasteiger partial charge in [0.1, 0.15) is 10.7 Å². The van der Waals surface area contributed by atoms with Crippen LogP contribution >= 0.6 is 11.3 Å². The minimum Gasteiger partial charge on any atom is -0.395 e. The summed E-state index contributed by atoms with van der Waals surface area (Å²) in [5, 5.41) is 10.1. The molecular weight excluding hydrogens is 322 g/mol. The molecule has 2 aromatic heterocycles. The van der Waals surface area contributed by atoms with Gasteiger partial charge < -0.3 is 10.1 Å². The molecule has 1 aliphatic rings. The molecule has 5 nitrogen and oxygen atoms in total. The van der Waals surface area contributed by atoms with Crippen LogP contribution in [0.15, 0.2) is 41.2 Å². The van der Waals surface area contributed by atoms with Crippen molar-refractivity contribution in [3.8, 4) is 10.4 Å². The third-order valence-electron chi connectivity index (χ3n) is 4.57. The fourth-order valence-electron chi connectivity index (χ4n) is 3.30. The summed E-state index contributed by atoms with van der Waals surface area (Å²) in [7, 11) is 0. The molecule has 2 N–H and O–H groups in total. The van der Waals surface area contributed by atoms with Crippen LogP contribution in [0.2, 0.25) is 0 Å². The standard InChI is InChI=1S/C18H19N3O2S/c22-11-13-7-4-8-21(13)10-16-19-17(23)14-9-15(24-18(14)20-16)12-5-2-1-3-6-12/h1-3,5-6,9,13,22H,4,7-8,10-11H2,(H,19,20,23)/t13-/m1/s1. The highest BCUT2D eigenvalue weighted by Gasteiger charge is 2.24. The van der Waals surface area contributed by atoms with Gasteiger partial charge in [-0.1, -0.05) is 30.3 Å². The molecule has 0 radical (unpaired) electrons. The number of rotatable bonds is 4. The molecule has 1 aliphatic heterocycles. The van der Waals surface area contributed by atoms with E-state index in [-0.39, 0.29) is 18.2 Å². The lowest BCUT2D eigenvalue weighted by atomic mass is 10.2. The zero-order chi connectivity index (χ0) is 16.5. The van der Waals surface area contributed by atoms with Crippen molar-refractivity contribution < 1.29 is 5.11 Å². The van der Waals surface area contributed by atoms with Crippen LogP contribution in [0.3, 0.4) is 0 Å². The second-order valence-corrected chi connectivity index (χ2v) is 7.19. The van der Waals surface area contributed by atoms with E-state index in [1.807, 2.05) is 36.4 Å². The number of aromatic nitrogens is 2. The Morgan fingerprint density at radius 3 is 2.96 bits per heavy atom. The van der Waals surface area contributed by atoms with Crippen molar-refractivity contribution in [3.63, 3.8) is 0 Å². The average molecular weight is 341 g/mol. The van der Waals surface area contributed by atoms with Gasteiger partial charge in [0.2, 0.25) is 0 Å². The molecule has 3 heterocycles. The van der Waals surface area contributed by atoms with Crippen LogP contribution in [0.5, 0.6) is 0 Å². The van der Waals surface area contributed by atoms with E-state index < -0.39 is 0 Å². The fraction of sp³-hybridized carbons (Fsp3) is 0.333. The van der Waals surface area contributed by atoms with Crippen LogP contribution in [0.4, 0.5) is 0 Å². The van der Waals surface area contributed by atoms with Gasteiger partial charge in [-0.25, -0.2) is 4.98 Å². The Morgan fingerprint density at radius 1 is 1.33 bits per heavy atom. The monoisotopic (exact) mass is 341 g/mol. The van der Waals surface area contributed by atoms with Gasteiger partial charge in [-0.2, -0.15) is 0 Å². The number of benzene rings is 1. The Labute approximate surface area is 143 Å². The smallest absolute Gasteiger partial charge is 0.259 e. The number of aliphatic hydroxyl groups is 1. The van der Waals surface area contributed by atoms with Gasteiger partial charge in [0, 0.05) is 10.9 Å². The molecule has 1 fully saturated rings. The van der Waals surface area contributed by atoms with Crippen LogP contribution in [0, 0.1) is 0 Å². The molecule has 1 saturated heterocycles. The van der Waals surface area contributed by atoms with Gasteiger partial charge in [0.05, 0.1) is 18.5 Å². The first kappa shape index (κ1) is 15.5. The number of fused-ring (bicyclic) bond motifs is 1. The van der Waals surface area contributed by atoms with Gasteiger partial charge in [-0.05, 0) is 31.0 Å². The summed E-state index contributed by atoms with van der Waals surface area (Å²) in [5.41, 5.74) is 1.01. The molecule has 0 spiro atoms. The molecule has 24 heavy (non-hydrogen) atoms. The van der Waals surface area contributed by atoms with E-state index >= 15 is 0 Å². The molecule has 124 valence electrons. The zero-order valence-corrected chi connectivity index (χ0v) is 14.1. The highest BCUT2D eigenvalue weighted by Crippen LogP contribution is 2.30. The normalized spacial score (nSPS) is 18.5. The maximum atomic E-state index is 12.4. The van der Waals surface area contributed by atoms with Crippen molar-refractivity contribution >= 4 is 21.6 Å². The second-order valence-electron chi connectivity index (χ2n) is 6.16. The second kappa shape index (κ2) is 6.47. The fourth-order valence-corrected chi connectivity index (χ4v) is 4.35. The molecule has 0 saturated carbocycles. The number of nitrogens with zero attached hydrogens (tertiary/aromatic N) is 2. The summed E-state index contributed by atoms with van der Waals surface area (Å²) in [6.45, 7) is 1.67. The Hall–Kier alpha value is -2.02. The van der Waals surface area contributed by atoms with Crippen molar-refractivity contribution in [3.05, 3.63) is 52.6 Å². The molecule has 0 unspecified atom stereocenters. The summed E-state index contributed by atoms with van der Waals surface area (Å²) in [6, 6.07) is 12.1. The number of thiophene rings is 1. The van der Waals surface area contributed by atoms with E-state index in [1.54, 1.807) is 11.3 Å². The lowest BCUT2D eigenvalue weighted by Crippen LogP contribution is -2.32. The van der Waals surface area contributed by atoms with E-state index in [1.165, 1.54) is 0 Å². The van der Waals surface area contributed by atoms with Crippen LogP contribution in [0.1, 0.15) is 18.7 Å². The van der Waals surface area contributed by atoms with E-state index in [0.29, 0.717) is 17.8 Å². The van der Waals surface area contributed by atoms with Gasteiger partial charge in [-0.3, -0.25) is 9.69 Å². The summed E-state index contributed by atoms with van der Waals surface area (Å²) in [5.74, 6) is 0.675. The summed E-state index contributed by atoms with van der Waals surface area (Å²) in [4.78, 5) is 24.0. The molecule has 6 heteroatoms. The minimum atomic E-state index is -0.0897. The first-order valence-electron chi connectivity index (χ1n) is 8.17. The van der Waals surface area contributed by atoms with Crippen LogP contribution in [0.25, 0.3) is 20.7 Å². The first-order valence-corrected chi connectivity index (χ1v) is 8.99. The maximum absolute atomic E-state index is 12.4. The third-order valence-corrected chi connectivity index (χ3v) is 5.65. The molecular formula is C18H19N3O2S. The van der Waals surface area contributed by atoms with Gasteiger partial charge in [0.15, 0.2) is 0 Å². The SMILES string of the molecule is O=c1[nH]c(CN2CCC[C@@H]2CO)nc2sc(-c3ccccc3)cc12. The van der Waals surface area contributed by atoms with Crippen LogP contribution in [-0.2, 0) is 6.54 Å². The third kappa shape index (κ3) is 2.88. The summed E-state index contributed by atoms with van der Waals surface area (Å²) < 4.78 is 0. The number of hydrogen-bond donors (Lipinski definition) is 2. The highest BCUT2D eigenvalue weighted by molar-refractivity contribution is 7.21. The van der Waals surface area contributed by atoms with Gasteiger partial charge >= 0.3 is 0 Å². The number of aromatic amines is 1. The molecule has 3 aromatic rings. The van der Waals surface area contributed by atoms with E-state index in [4.69, 9.17) is 0 Å². The number of hydrogen-bond acceptors (Lipinski definition) is 5. The molecule has 1 atom stereocenters. The average Bonchev–Trinajstić information content (AvgIpc) is 3.22. The zero-order valence-electron chi connectivity index (χ0n) is 13.2. The lowest BCUT2D eigenvalue weighted by molar-refractivity contribution is 0.151. The molecule has 4 rings (SSSR count). The van der Waals surface area contributed by atoms with Crippen molar-refractivity contribution in [1.82, 2.24) is 14.9 Å².